The van der Waals surface area contributed by atoms with Crippen LogP contribution in [-0.4, -0.2) is 56.7 Å². The van der Waals surface area contributed by atoms with E-state index in [0.29, 0.717) is 18.8 Å². The number of ether oxygens (including phenoxy) is 2. The van der Waals surface area contributed by atoms with Crippen LogP contribution in [0, 0.1) is 5.82 Å². The molecule has 2 aromatic rings. The zero-order valence-corrected chi connectivity index (χ0v) is 16.9. The molecule has 7 nitrogen and oxygen atoms in total. The summed E-state index contributed by atoms with van der Waals surface area (Å²) >= 11 is 0. The number of methoxy groups -OCH3 is 1. The molecule has 0 saturated carbocycles. The molecular weight excluding hydrogens is 389 g/mol. The van der Waals surface area contributed by atoms with Crippen LogP contribution in [0.3, 0.4) is 0 Å². The molecule has 2 N–H and O–H groups in total. The van der Waals surface area contributed by atoms with Crippen LogP contribution in [0.2, 0.25) is 0 Å². The van der Waals surface area contributed by atoms with Gasteiger partial charge in [0.15, 0.2) is 0 Å². The van der Waals surface area contributed by atoms with Crippen molar-refractivity contribution in [1.82, 2.24) is 15.5 Å². The van der Waals surface area contributed by atoms with Gasteiger partial charge in [-0.05, 0) is 35.4 Å². The summed E-state index contributed by atoms with van der Waals surface area (Å²) in [5.74, 6) is -1.06. The molecule has 1 heterocycles. The van der Waals surface area contributed by atoms with Gasteiger partial charge in [-0.2, -0.15) is 0 Å². The van der Waals surface area contributed by atoms with E-state index in [1.54, 1.807) is 19.2 Å². The number of hydrogen-bond acceptors (Lipinski definition) is 5. The fourth-order valence-electron chi connectivity index (χ4n) is 3.33. The highest BCUT2D eigenvalue weighted by molar-refractivity contribution is 6.35. The minimum atomic E-state index is -0.731. The zero-order valence-electron chi connectivity index (χ0n) is 16.9. The number of amides is 2. The van der Waals surface area contributed by atoms with Crippen LogP contribution in [0.4, 0.5) is 4.39 Å². The van der Waals surface area contributed by atoms with Crippen molar-refractivity contribution in [1.29, 1.82) is 0 Å². The molecule has 30 heavy (non-hydrogen) atoms. The summed E-state index contributed by atoms with van der Waals surface area (Å²) in [6.07, 6.45) is 0. The Labute approximate surface area is 175 Å². The quantitative estimate of drug-likeness (QED) is 0.672. The molecule has 1 saturated heterocycles. The number of benzene rings is 2. The number of carbonyl (C=O) groups excluding carboxylic acids is 2. The molecule has 0 bridgehead atoms. The Bertz CT molecular complexity index is 854. The Morgan fingerprint density at radius 1 is 1.10 bits per heavy atom. The maximum absolute atomic E-state index is 13.0. The highest BCUT2D eigenvalue weighted by Crippen LogP contribution is 2.24. The normalized spacial score (nSPS) is 15.3. The molecule has 2 aromatic carbocycles. The van der Waals surface area contributed by atoms with Gasteiger partial charge in [0.05, 0.1) is 26.4 Å². The Kier molecular flexibility index (Phi) is 7.75. The fourth-order valence-corrected chi connectivity index (χ4v) is 3.33. The van der Waals surface area contributed by atoms with Crippen LogP contribution in [0.15, 0.2) is 48.5 Å². The predicted molar refractivity (Wildman–Crippen MR) is 109 cm³/mol. The predicted octanol–water partition coefficient (Wildman–Crippen LogP) is 1.64. The lowest BCUT2D eigenvalue weighted by molar-refractivity contribution is -0.139. The number of nitrogens with zero attached hydrogens (tertiary/aromatic N) is 1. The van der Waals surface area contributed by atoms with Gasteiger partial charge in [-0.25, -0.2) is 4.39 Å². The second-order valence-corrected chi connectivity index (χ2v) is 6.96. The Hall–Kier alpha value is -2.97. The summed E-state index contributed by atoms with van der Waals surface area (Å²) in [7, 11) is 1.61. The molecule has 1 unspecified atom stereocenters. The number of nitrogens with one attached hydrogen (secondary N) is 2. The number of morpholine rings is 1. The molecule has 0 radical (unpaired) electrons. The molecule has 0 aromatic heterocycles. The average Bonchev–Trinajstić information content (AvgIpc) is 2.79. The van der Waals surface area contributed by atoms with E-state index >= 15 is 0 Å². The van der Waals surface area contributed by atoms with E-state index in [2.05, 4.69) is 15.5 Å². The van der Waals surface area contributed by atoms with E-state index in [0.717, 1.165) is 24.4 Å². The van der Waals surface area contributed by atoms with E-state index < -0.39 is 11.8 Å². The first kappa shape index (κ1) is 21.7. The first-order valence-corrected chi connectivity index (χ1v) is 9.83. The van der Waals surface area contributed by atoms with Crippen molar-refractivity contribution in [2.24, 2.45) is 0 Å². The van der Waals surface area contributed by atoms with Gasteiger partial charge in [-0.1, -0.05) is 24.3 Å². The van der Waals surface area contributed by atoms with E-state index in [9.17, 15) is 14.0 Å². The second-order valence-electron chi connectivity index (χ2n) is 6.96. The number of hydrogen-bond donors (Lipinski definition) is 2. The maximum atomic E-state index is 13.0. The highest BCUT2D eigenvalue weighted by Gasteiger charge is 2.24. The molecule has 8 heteroatoms. The molecule has 0 spiro atoms. The van der Waals surface area contributed by atoms with Crippen LogP contribution in [0.5, 0.6) is 5.75 Å². The van der Waals surface area contributed by atoms with Gasteiger partial charge in [0.25, 0.3) is 0 Å². The maximum Gasteiger partial charge on any atom is 0.309 e. The molecule has 1 aliphatic heterocycles. The second kappa shape index (κ2) is 10.7. The van der Waals surface area contributed by atoms with Crippen LogP contribution in [0.1, 0.15) is 17.2 Å². The Balaban J connectivity index is 1.60. The van der Waals surface area contributed by atoms with Crippen molar-refractivity contribution in [3.63, 3.8) is 0 Å². The minimum Gasteiger partial charge on any atom is -0.497 e. The number of rotatable bonds is 7. The van der Waals surface area contributed by atoms with Crippen molar-refractivity contribution in [2.45, 2.75) is 12.6 Å². The summed E-state index contributed by atoms with van der Waals surface area (Å²) in [6.45, 7) is 3.12. The summed E-state index contributed by atoms with van der Waals surface area (Å²) in [4.78, 5) is 26.7. The third kappa shape index (κ3) is 6.01. The molecule has 160 valence electrons. The average molecular weight is 415 g/mol. The topological polar surface area (TPSA) is 79.9 Å². The van der Waals surface area contributed by atoms with E-state index in [-0.39, 0.29) is 24.9 Å². The largest absolute Gasteiger partial charge is 0.497 e. The third-order valence-electron chi connectivity index (χ3n) is 4.99. The molecule has 1 fully saturated rings. The molecule has 1 aliphatic rings. The summed E-state index contributed by atoms with van der Waals surface area (Å²) in [6, 6.07) is 13.3. The number of halogens is 1. The molecule has 1 atom stereocenters. The standard InChI is InChI=1S/C22H26FN3O4/c1-29-19-4-2-3-17(13-19)20(26-9-11-30-12-10-26)15-25-22(28)21(27)24-14-16-5-7-18(23)8-6-16/h2-8,13,20H,9-12,14-15H2,1H3,(H,24,27)(H,25,28). The highest BCUT2D eigenvalue weighted by atomic mass is 19.1. The lowest BCUT2D eigenvalue weighted by atomic mass is 10.0. The van der Waals surface area contributed by atoms with Gasteiger partial charge in [0.2, 0.25) is 0 Å². The Morgan fingerprint density at radius 3 is 2.50 bits per heavy atom. The lowest BCUT2D eigenvalue weighted by Crippen LogP contribution is -2.46. The molecule has 3 rings (SSSR count). The SMILES string of the molecule is COc1cccc(C(CNC(=O)C(=O)NCc2ccc(F)cc2)N2CCOCC2)c1. The summed E-state index contributed by atoms with van der Waals surface area (Å²) in [5.41, 5.74) is 1.70. The van der Waals surface area contributed by atoms with Crippen LogP contribution in [0.25, 0.3) is 0 Å². The third-order valence-corrected chi connectivity index (χ3v) is 4.99. The van der Waals surface area contributed by atoms with Crippen molar-refractivity contribution in [3.05, 3.63) is 65.5 Å². The van der Waals surface area contributed by atoms with Gasteiger partial charge in [-0.15, -0.1) is 0 Å². The van der Waals surface area contributed by atoms with E-state index in [1.807, 2.05) is 24.3 Å². The van der Waals surface area contributed by atoms with Crippen LogP contribution >= 0.6 is 0 Å². The van der Waals surface area contributed by atoms with Gasteiger partial charge in [0, 0.05) is 26.2 Å². The van der Waals surface area contributed by atoms with Gasteiger partial charge >= 0.3 is 11.8 Å². The van der Waals surface area contributed by atoms with Crippen molar-refractivity contribution < 1.29 is 23.5 Å². The van der Waals surface area contributed by atoms with Crippen LogP contribution < -0.4 is 15.4 Å². The van der Waals surface area contributed by atoms with Gasteiger partial charge in [0.1, 0.15) is 11.6 Å². The van der Waals surface area contributed by atoms with Gasteiger partial charge < -0.3 is 20.1 Å². The number of carbonyl (C=O) groups is 2. The fraction of sp³-hybridized carbons (Fsp3) is 0.364. The van der Waals surface area contributed by atoms with Crippen molar-refractivity contribution >= 4 is 11.8 Å². The monoisotopic (exact) mass is 415 g/mol. The summed E-state index contributed by atoms with van der Waals surface area (Å²) in [5, 5.41) is 5.28. The minimum absolute atomic E-state index is 0.113. The first-order chi connectivity index (χ1) is 14.6. The zero-order chi connectivity index (χ0) is 21.3. The molecule has 0 aliphatic carbocycles. The molecule has 2 amide bonds. The Morgan fingerprint density at radius 2 is 1.80 bits per heavy atom. The van der Waals surface area contributed by atoms with Gasteiger partial charge in [-0.3, -0.25) is 14.5 Å². The smallest absolute Gasteiger partial charge is 0.309 e. The van der Waals surface area contributed by atoms with E-state index in [4.69, 9.17) is 9.47 Å². The lowest BCUT2D eigenvalue weighted by Gasteiger charge is -2.35. The van der Waals surface area contributed by atoms with Crippen molar-refractivity contribution in [2.75, 3.05) is 40.0 Å². The summed E-state index contributed by atoms with van der Waals surface area (Å²) < 4.78 is 23.7. The van der Waals surface area contributed by atoms with Crippen LogP contribution in [-0.2, 0) is 20.9 Å². The van der Waals surface area contributed by atoms with E-state index in [1.165, 1.54) is 12.1 Å². The molecular formula is C22H26FN3O4. The van der Waals surface area contributed by atoms with Crippen molar-refractivity contribution in [3.8, 4) is 5.75 Å². The first-order valence-electron chi connectivity index (χ1n) is 9.83.